The molecule has 0 saturated carbocycles. The maximum atomic E-state index is 13.3. The quantitative estimate of drug-likeness (QED) is 0.0861. The van der Waals surface area contributed by atoms with Gasteiger partial charge in [0.05, 0.1) is 29.8 Å². The number of halogens is 3. The number of alkyl halides is 3. The first-order valence-electron chi connectivity index (χ1n) is 14.7. The highest BCUT2D eigenvalue weighted by Crippen LogP contribution is 2.29. The van der Waals surface area contributed by atoms with Crippen LogP contribution in [0.15, 0.2) is 53.4 Å². The summed E-state index contributed by atoms with van der Waals surface area (Å²) in [5.41, 5.74) is 0.348. The van der Waals surface area contributed by atoms with E-state index in [1.807, 2.05) is 6.92 Å². The molecule has 0 spiro atoms. The molecule has 0 amide bonds. The average molecular weight is 597 g/mol. The average Bonchev–Trinajstić information content (AvgIpc) is 2.96. The van der Waals surface area contributed by atoms with E-state index in [2.05, 4.69) is 6.92 Å². The Morgan fingerprint density at radius 1 is 0.707 bits per heavy atom. The van der Waals surface area contributed by atoms with Crippen LogP contribution in [0.5, 0.6) is 5.75 Å². The van der Waals surface area contributed by atoms with Crippen molar-refractivity contribution < 1.29 is 36.4 Å². The molecule has 0 heterocycles. The van der Waals surface area contributed by atoms with Crippen LogP contribution in [0.4, 0.5) is 13.2 Å². The van der Waals surface area contributed by atoms with E-state index in [1.54, 1.807) is 24.3 Å². The minimum absolute atomic E-state index is 0.00829. The normalized spacial score (nSPS) is 12.1. The fourth-order valence-corrected chi connectivity index (χ4v) is 4.65. The van der Waals surface area contributed by atoms with Crippen molar-refractivity contribution in [1.29, 1.82) is 0 Å². The molecule has 0 fully saturated rings. The van der Waals surface area contributed by atoms with Gasteiger partial charge in [0.15, 0.2) is 6.10 Å². The lowest BCUT2D eigenvalue weighted by molar-refractivity contribution is -0.206. The molecule has 9 heteroatoms. The molecule has 0 aliphatic heterocycles. The molecule has 0 aromatic heterocycles. The monoisotopic (exact) mass is 596 g/mol. The van der Waals surface area contributed by atoms with Crippen LogP contribution in [0.1, 0.15) is 118 Å². The highest BCUT2D eigenvalue weighted by molar-refractivity contribution is 7.95. The highest BCUT2D eigenvalue weighted by Gasteiger charge is 2.42. The number of carbonyl (C=O) groups is 2. The van der Waals surface area contributed by atoms with E-state index < -0.39 is 24.2 Å². The molecule has 41 heavy (non-hydrogen) atoms. The van der Waals surface area contributed by atoms with Crippen molar-refractivity contribution in [3.8, 4) is 5.75 Å². The van der Waals surface area contributed by atoms with Crippen LogP contribution in [-0.2, 0) is 8.92 Å². The first kappa shape index (κ1) is 34.5. The number of hydrogen-bond donors (Lipinski definition) is 0. The number of unbranched alkanes of at least 4 members (excludes halogenated alkanes) is 10. The highest BCUT2D eigenvalue weighted by atomic mass is 32.2. The second-order valence-electron chi connectivity index (χ2n) is 10.1. The SMILES string of the molecule is CCCCCCCCCCOc1ccc(C(=O)OSc2ccc(C(=O)OC(CCCCCC)C(F)(F)F)cc2)cc1. The molecule has 0 bridgehead atoms. The topological polar surface area (TPSA) is 61.8 Å². The Morgan fingerprint density at radius 2 is 1.22 bits per heavy atom. The van der Waals surface area contributed by atoms with E-state index in [-0.39, 0.29) is 12.0 Å². The summed E-state index contributed by atoms with van der Waals surface area (Å²) >= 11 is 0.796. The summed E-state index contributed by atoms with van der Waals surface area (Å²) in [6, 6.07) is 12.4. The molecular formula is C32H43F3O5S. The Hall–Kier alpha value is -2.68. The smallest absolute Gasteiger partial charge is 0.425 e. The minimum Gasteiger partial charge on any atom is -0.494 e. The third kappa shape index (κ3) is 14.2. The Balaban J connectivity index is 1.73. The molecule has 1 atom stereocenters. The number of rotatable bonds is 20. The van der Waals surface area contributed by atoms with Crippen LogP contribution in [0.25, 0.3) is 0 Å². The zero-order valence-corrected chi connectivity index (χ0v) is 25.0. The number of esters is 1. The van der Waals surface area contributed by atoms with Gasteiger partial charge in [0.2, 0.25) is 0 Å². The van der Waals surface area contributed by atoms with Crippen LogP contribution < -0.4 is 4.74 Å². The standard InChI is InChI=1S/C32H43F3O5S/c1-3-5-7-9-10-11-12-14-24-38-27-20-16-26(17-21-27)31(37)40-41-28-22-18-25(19-23-28)30(36)39-29(32(33,34)35)15-13-8-6-4-2/h16-23,29H,3-15,24H2,1-2H3. The Labute approximate surface area is 246 Å². The Bertz CT molecular complexity index is 1010. The minimum atomic E-state index is -4.62. The third-order valence-electron chi connectivity index (χ3n) is 6.59. The van der Waals surface area contributed by atoms with Crippen molar-refractivity contribution in [2.45, 2.75) is 114 Å². The zero-order valence-electron chi connectivity index (χ0n) is 24.2. The van der Waals surface area contributed by atoms with Gasteiger partial charge in [-0.25, -0.2) is 9.59 Å². The van der Waals surface area contributed by atoms with E-state index in [4.69, 9.17) is 13.7 Å². The van der Waals surface area contributed by atoms with E-state index in [0.29, 0.717) is 35.7 Å². The van der Waals surface area contributed by atoms with Crippen molar-refractivity contribution in [2.75, 3.05) is 6.61 Å². The molecule has 5 nitrogen and oxygen atoms in total. The van der Waals surface area contributed by atoms with E-state index in [9.17, 15) is 22.8 Å². The first-order valence-corrected chi connectivity index (χ1v) is 15.5. The zero-order chi connectivity index (χ0) is 29.9. The van der Waals surface area contributed by atoms with Crippen LogP contribution in [0.3, 0.4) is 0 Å². The van der Waals surface area contributed by atoms with Gasteiger partial charge in [0.1, 0.15) is 5.75 Å². The fraction of sp³-hybridized carbons (Fsp3) is 0.562. The van der Waals surface area contributed by atoms with E-state index >= 15 is 0 Å². The maximum Gasteiger partial charge on any atom is 0.425 e. The molecule has 0 N–H and O–H groups in total. The molecule has 2 aromatic rings. The predicted molar refractivity (Wildman–Crippen MR) is 156 cm³/mol. The summed E-state index contributed by atoms with van der Waals surface area (Å²) in [7, 11) is 0. The third-order valence-corrected chi connectivity index (χ3v) is 7.29. The lowest BCUT2D eigenvalue weighted by Gasteiger charge is -2.20. The number of ether oxygens (including phenoxy) is 2. The molecule has 0 aliphatic carbocycles. The lowest BCUT2D eigenvalue weighted by Crippen LogP contribution is -2.33. The summed E-state index contributed by atoms with van der Waals surface area (Å²) in [6.07, 6.45) is 5.53. The molecule has 1 unspecified atom stereocenters. The van der Waals surface area contributed by atoms with Crippen molar-refractivity contribution in [3.63, 3.8) is 0 Å². The summed E-state index contributed by atoms with van der Waals surface area (Å²) in [5, 5.41) is 0. The summed E-state index contributed by atoms with van der Waals surface area (Å²) < 4.78 is 55.7. The van der Waals surface area contributed by atoms with Crippen LogP contribution >= 0.6 is 12.0 Å². The van der Waals surface area contributed by atoms with Gasteiger partial charge in [-0.3, -0.25) is 0 Å². The molecule has 0 radical (unpaired) electrons. The van der Waals surface area contributed by atoms with Gasteiger partial charge in [0.25, 0.3) is 0 Å². The van der Waals surface area contributed by atoms with E-state index in [0.717, 1.165) is 37.7 Å². The molecular weight excluding hydrogens is 553 g/mol. The number of benzene rings is 2. The van der Waals surface area contributed by atoms with Gasteiger partial charge in [0, 0.05) is 4.90 Å². The van der Waals surface area contributed by atoms with Gasteiger partial charge < -0.3 is 13.7 Å². The largest absolute Gasteiger partial charge is 0.494 e. The van der Waals surface area contributed by atoms with Gasteiger partial charge in [-0.1, -0.05) is 78.1 Å². The van der Waals surface area contributed by atoms with Crippen molar-refractivity contribution in [3.05, 3.63) is 59.7 Å². The molecule has 228 valence electrons. The molecule has 2 aromatic carbocycles. The van der Waals surface area contributed by atoms with Crippen LogP contribution in [-0.4, -0.2) is 30.8 Å². The summed E-state index contributed by atoms with van der Waals surface area (Å²) in [5.74, 6) is -0.904. The number of carbonyl (C=O) groups excluding carboxylic acids is 2. The van der Waals surface area contributed by atoms with Crippen molar-refractivity contribution in [1.82, 2.24) is 0 Å². The molecule has 0 aliphatic rings. The van der Waals surface area contributed by atoms with Gasteiger partial charge in [-0.15, -0.1) is 0 Å². The summed E-state index contributed by atoms with van der Waals surface area (Å²) in [6.45, 7) is 4.82. The van der Waals surface area contributed by atoms with E-state index in [1.165, 1.54) is 62.8 Å². The Kier molecular flexibility index (Phi) is 16.4. The van der Waals surface area contributed by atoms with Crippen LogP contribution in [0, 0.1) is 0 Å². The second-order valence-corrected chi connectivity index (χ2v) is 10.9. The maximum absolute atomic E-state index is 13.3. The first-order chi connectivity index (χ1) is 19.7. The molecule has 2 rings (SSSR count). The lowest BCUT2D eigenvalue weighted by atomic mass is 10.1. The predicted octanol–water partition coefficient (Wildman–Crippen LogP) is 10.1. The van der Waals surface area contributed by atoms with Gasteiger partial charge in [-0.2, -0.15) is 13.2 Å². The Morgan fingerprint density at radius 3 is 1.80 bits per heavy atom. The van der Waals surface area contributed by atoms with Crippen LogP contribution in [0.2, 0.25) is 0 Å². The fourth-order valence-electron chi connectivity index (χ4n) is 4.14. The number of hydrogen-bond acceptors (Lipinski definition) is 6. The van der Waals surface area contributed by atoms with Crippen molar-refractivity contribution in [2.24, 2.45) is 0 Å². The van der Waals surface area contributed by atoms with Gasteiger partial charge in [-0.05, 0) is 67.8 Å². The molecule has 0 saturated heterocycles. The second kappa shape index (κ2) is 19.4. The van der Waals surface area contributed by atoms with Crippen molar-refractivity contribution >= 4 is 24.0 Å². The van der Waals surface area contributed by atoms with Gasteiger partial charge >= 0.3 is 18.1 Å². The summed E-state index contributed by atoms with van der Waals surface area (Å²) in [4.78, 5) is 25.2.